The predicted octanol–water partition coefficient (Wildman–Crippen LogP) is 4.50. The van der Waals surface area contributed by atoms with Gasteiger partial charge in [0.1, 0.15) is 0 Å². The summed E-state index contributed by atoms with van der Waals surface area (Å²) in [5, 5.41) is 3.91. The van der Waals surface area contributed by atoms with Crippen LogP contribution in [-0.2, 0) is 21.2 Å². The van der Waals surface area contributed by atoms with Gasteiger partial charge < -0.3 is 10.2 Å². The summed E-state index contributed by atoms with van der Waals surface area (Å²) < 4.78 is 28.6. The van der Waals surface area contributed by atoms with Crippen LogP contribution in [0, 0.1) is 0 Å². The molecule has 1 N–H and O–H groups in total. The first-order chi connectivity index (χ1) is 15.9. The molecule has 1 fully saturated rings. The fourth-order valence-electron chi connectivity index (χ4n) is 4.18. The second kappa shape index (κ2) is 10.2. The van der Waals surface area contributed by atoms with Crippen molar-refractivity contribution >= 4 is 48.9 Å². The molecule has 0 atom stereocenters. The van der Waals surface area contributed by atoms with Crippen LogP contribution in [0.15, 0.2) is 47.4 Å². The second-order valence-electron chi connectivity index (χ2n) is 8.09. The van der Waals surface area contributed by atoms with Crippen molar-refractivity contribution in [2.24, 2.45) is 0 Å². The van der Waals surface area contributed by atoms with Crippen molar-refractivity contribution in [2.75, 3.05) is 36.4 Å². The number of sulfonamides is 1. The van der Waals surface area contributed by atoms with Crippen LogP contribution >= 0.6 is 11.3 Å². The van der Waals surface area contributed by atoms with E-state index in [1.54, 1.807) is 23.5 Å². The van der Waals surface area contributed by atoms with Gasteiger partial charge in [-0.1, -0.05) is 26.0 Å². The highest BCUT2D eigenvalue weighted by atomic mass is 32.2. The molecule has 0 bridgehead atoms. The Kier molecular flexibility index (Phi) is 7.31. The maximum absolute atomic E-state index is 13.1. The molecular weight excluding hydrogens is 456 g/mol. The van der Waals surface area contributed by atoms with Crippen molar-refractivity contribution < 1.29 is 13.2 Å². The van der Waals surface area contributed by atoms with Crippen molar-refractivity contribution in [3.8, 4) is 0 Å². The number of aromatic nitrogens is 1. The molecule has 2 heterocycles. The highest BCUT2D eigenvalue weighted by molar-refractivity contribution is 7.89. The zero-order valence-corrected chi connectivity index (χ0v) is 20.7. The smallest absolute Gasteiger partial charge is 0.243 e. The van der Waals surface area contributed by atoms with Gasteiger partial charge in [0, 0.05) is 39.0 Å². The third-order valence-corrected chi connectivity index (χ3v) is 9.08. The zero-order valence-electron chi connectivity index (χ0n) is 19.1. The van der Waals surface area contributed by atoms with E-state index in [9.17, 15) is 13.2 Å². The van der Waals surface area contributed by atoms with Crippen LogP contribution in [0.25, 0.3) is 10.2 Å². The topological polar surface area (TPSA) is 82.6 Å². The summed E-state index contributed by atoms with van der Waals surface area (Å²) in [6, 6.07) is 13.0. The molecule has 33 heavy (non-hydrogen) atoms. The van der Waals surface area contributed by atoms with Gasteiger partial charge in [0.25, 0.3) is 0 Å². The molecule has 1 amide bonds. The highest BCUT2D eigenvalue weighted by Crippen LogP contribution is 2.32. The maximum Gasteiger partial charge on any atom is 0.243 e. The first-order valence-electron chi connectivity index (χ1n) is 11.5. The first-order valence-corrected chi connectivity index (χ1v) is 13.7. The fourth-order valence-corrected chi connectivity index (χ4v) is 6.63. The maximum atomic E-state index is 13.1. The largest absolute Gasteiger partial charge is 0.370 e. The Hall–Kier alpha value is -2.49. The van der Waals surface area contributed by atoms with Crippen molar-refractivity contribution in [2.45, 2.75) is 44.4 Å². The van der Waals surface area contributed by atoms with Gasteiger partial charge in [-0.05, 0) is 43.2 Å². The van der Waals surface area contributed by atoms with E-state index >= 15 is 0 Å². The number of nitrogens with one attached hydrogen (secondary N) is 1. The molecule has 4 rings (SSSR count). The number of thiazole rings is 1. The Labute approximate surface area is 199 Å². The lowest BCUT2D eigenvalue weighted by atomic mass is 10.2. The van der Waals surface area contributed by atoms with Crippen LogP contribution in [0.2, 0.25) is 0 Å². The van der Waals surface area contributed by atoms with Crippen LogP contribution in [0.1, 0.15) is 38.1 Å². The summed E-state index contributed by atoms with van der Waals surface area (Å²) in [4.78, 5) is 19.9. The summed E-state index contributed by atoms with van der Waals surface area (Å²) in [6.07, 6.45) is 3.00. The van der Waals surface area contributed by atoms with Gasteiger partial charge in [0.2, 0.25) is 15.9 Å². The first kappa shape index (κ1) is 23.7. The summed E-state index contributed by atoms with van der Waals surface area (Å²) in [6.45, 7) is 6.25. The van der Waals surface area contributed by atoms with E-state index in [1.165, 1.54) is 4.31 Å². The van der Waals surface area contributed by atoms with Crippen LogP contribution in [0.3, 0.4) is 0 Å². The SMILES string of the molecule is CCN(CC)S(=O)(=O)c1ccc(N2CCCC2)c(NC(=O)CCc2nc3ccccc3s2)c1. The minimum absolute atomic E-state index is 0.146. The highest BCUT2D eigenvalue weighted by Gasteiger charge is 2.25. The van der Waals surface area contributed by atoms with Gasteiger partial charge in [-0.15, -0.1) is 11.3 Å². The molecule has 2 aromatic carbocycles. The second-order valence-corrected chi connectivity index (χ2v) is 11.1. The van der Waals surface area contributed by atoms with Crippen LogP contribution < -0.4 is 10.2 Å². The lowest BCUT2D eigenvalue weighted by molar-refractivity contribution is -0.116. The van der Waals surface area contributed by atoms with Crippen molar-refractivity contribution in [3.05, 3.63) is 47.5 Å². The lowest BCUT2D eigenvalue weighted by Crippen LogP contribution is -2.31. The number of fused-ring (bicyclic) bond motifs is 1. The monoisotopic (exact) mass is 486 g/mol. The van der Waals surface area contributed by atoms with Gasteiger partial charge in [0.15, 0.2) is 0 Å². The molecule has 0 unspecified atom stereocenters. The molecule has 0 radical (unpaired) electrons. The number of anilines is 2. The van der Waals surface area contributed by atoms with E-state index in [0.29, 0.717) is 25.2 Å². The molecular formula is C24H30N4O3S2. The number of carbonyl (C=O) groups is 1. The third-order valence-electron chi connectivity index (χ3n) is 5.94. The van der Waals surface area contributed by atoms with E-state index in [2.05, 4.69) is 15.2 Å². The van der Waals surface area contributed by atoms with Gasteiger partial charge in [0.05, 0.1) is 31.5 Å². The summed E-state index contributed by atoms with van der Waals surface area (Å²) in [7, 11) is -3.61. The number of rotatable bonds is 9. The standard InChI is InChI=1S/C24H30N4O3S2/c1-3-28(4-2)33(30,31)18-11-12-21(27-15-7-8-16-27)20(17-18)25-23(29)13-14-24-26-19-9-5-6-10-22(19)32-24/h5-6,9-12,17H,3-4,7-8,13-16H2,1-2H3,(H,25,29). The predicted molar refractivity (Wildman–Crippen MR) is 135 cm³/mol. The average molecular weight is 487 g/mol. The van der Waals surface area contributed by atoms with E-state index in [4.69, 9.17) is 0 Å². The third kappa shape index (κ3) is 5.20. The Morgan fingerprint density at radius 2 is 1.85 bits per heavy atom. The zero-order chi connectivity index (χ0) is 23.4. The Bertz CT molecular complexity index is 1200. The number of carbonyl (C=O) groups excluding carboxylic acids is 1. The molecule has 0 aliphatic carbocycles. The number of amides is 1. The number of hydrogen-bond acceptors (Lipinski definition) is 6. The fraction of sp³-hybridized carbons (Fsp3) is 0.417. The van der Waals surface area contributed by atoms with Gasteiger partial charge >= 0.3 is 0 Å². The Morgan fingerprint density at radius 3 is 2.55 bits per heavy atom. The summed E-state index contributed by atoms with van der Waals surface area (Å²) >= 11 is 1.60. The van der Waals surface area contributed by atoms with E-state index < -0.39 is 10.0 Å². The molecule has 7 nitrogen and oxygen atoms in total. The van der Waals surface area contributed by atoms with Crippen LogP contribution in [-0.4, -0.2) is 49.8 Å². The number of nitrogens with zero attached hydrogens (tertiary/aromatic N) is 3. The average Bonchev–Trinajstić information content (AvgIpc) is 3.48. The Morgan fingerprint density at radius 1 is 1.12 bits per heavy atom. The molecule has 176 valence electrons. The molecule has 1 aliphatic heterocycles. The van der Waals surface area contributed by atoms with E-state index in [0.717, 1.165) is 46.8 Å². The van der Waals surface area contributed by atoms with E-state index in [1.807, 2.05) is 44.2 Å². The molecule has 1 aromatic heterocycles. The number of benzene rings is 2. The molecule has 1 aliphatic rings. The van der Waals surface area contributed by atoms with Crippen LogP contribution in [0.4, 0.5) is 11.4 Å². The lowest BCUT2D eigenvalue weighted by Gasteiger charge is -2.24. The molecule has 0 saturated carbocycles. The van der Waals surface area contributed by atoms with Crippen molar-refractivity contribution in [1.29, 1.82) is 0 Å². The van der Waals surface area contributed by atoms with Crippen molar-refractivity contribution in [3.63, 3.8) is 0 Å². The van der Waals surface area contributed by atoms with E-state index in [-0.39, 0.29) is 17.2 Å². The molecule has 3 aromatic rings. The van der Waals surface area contributed by atoms with Gasteiger partial charge in [-0.25, -0.2) is 13.4 Å². The normalized spacial score (nSPS) is 14.3. The minimum Gasteiger partial charge on any atom is -0.370 e. The Balaban J connectivity index is 1.55. The van der Waals surface area contributed by atoms with Crippen LogP contribution in [0.5, 0.6) is 0 Å². The number of para-hydroxylation sites is 1. The number of aryl methyl sites for hydroxylation is 1. The molecule has 9 heteroatoms. The molecule has 1 saturated heterocycles. The minimum atomic E-state index is -3.61. The summed E-state index contributed by atoms with van der Waals surface area (Å²) in [5.74, 6) is -0.146. The van der Waals surface area contributed by atoms with Crippen molar-refractivity contribution in [1.82, 2.24) is 9.29 Å². The number of hydrogen-bond donors (Lipinski definition) is 1. The molecule has 0 spiro atoms. The van der Waals surface area contributed by atoms with Gasteiger partial charge in [-0.2, -0.15) is 4.31 Å². The van der Waals surface area contributed by atoms with Gasteiger partial charge in [-0.3, -0.25) is 4.79 Å². The summed E-state index contributed by atoms with van der Waals surface area (Å²) in [5.41, 5.74) is 2.38. The quantitative estimate of drug-likeness (QED) is 0.482.